The van der Waals surface area contributed by atoms with Crippen molar-refractivity contribution >= 4 is 16.8 Å². The molecule has 102 valence electrons. The summed E-state index contributed by atoms with van der Waals surface area (Å²) in [4.78, 5) is 12.3. The van der Waals surface area contributed by atoms with Crippen LogP contribution in [0.15, 0.2) is 24.3 Å². The number of aromatic nitrogens is 2. The number of aliphatic hydroxyl groups is 1. The van der Waals surface area contributed by atoms with Crippen LogP contribution in [-0.2, 0) is 0 Å². The molecule has 1 aromatic carbocycles. The van der Waals surface area contributed by atoms with E-state index < -0.39 is 5.54 Å². The van der Waals surface area contributed by atoms with Crippen LogP contribution in [0.3, 0.4) is 0 Å². The van der Waals surface area contributed by atoms with Crippen LogP contribution < -0.4 is 5.32 Å². The van der Waals surface area contributed by atoms with Crippen molar-refractivity contribution < 1.29 is 9.90 Å². The molecule has 2 rings (SSSR count). The highest BCUT2D eigenvalue weighted by atomic mass is 16.3. The molecular weight excluding hydrogens is 242 g/mol. The molecule has 0 fully saturated rings. The second kappa shape index (κ2) is 5.40. The fraction of sp³-hybridized carbons (Fsp3) is 0.429. The molecule has 3 N–H and O–H groups in total. The number of nitrogens with one attached hydrogen (secondary N) is 2. The van der Waals surface area contributed by atoms with Crippen LogP contribution >= 0.6 is 0 Å². The number of para-hydroxylation sites is 1. The first-order valence-electron chi connectivity index (χ1n) is 6.46. The fourth-order valence-corrected chi connectivity index (χ4v) is 2.04. The number of rotatable bonds is 5. The summed E-state index contributed by atoms with van der Waals surface area (Å²) in [6.07, 6.45) is 1.28. The topological polar surface area (TPSA) is 78.0 Å². The Morgan fingerprint density at radius 3 is 2.89 bits per heavy atom. The Morgan fingerprint density at radius 2 is 2.21 bits per heavy atom. The van der Waals surface area contributed by atoms with Gasteiger partial charge in [0.25, 0.3) is 5.91 Å². The van der Waals surface area contributed by atoms with Crippen LogP contribution in [0.5, 0.6) is 0 Å². The van der Waals surface area contributed by atoms with Crippen molar-refractivity contribution in [2.24, 2.45) is 0 Å². The molecule has 0 aliphatic carbocycles. The SMILES string of the molecule is CCC(C)(CCO)NC(=O)c1n[nH]c2ccccc12. The number of carbonyl (C=O) groups is 1. The maximum atomic E-state index is 12.3. The zero-order valence-electron chi connectivity index (χ0n) is 11.2. The molecule has 1 amide bonds. The highest BCUT2D eigenvalue weighted by Gasteiger charge is 2.26. The highest BCUT2D eigenvalue weighted by Crippen LogP contribution is 2.18. The van der Waals surface area contributed by atoms with Crippen molar-refractivity contribution in [3.05, 3.63) is 30.0 Å². The molecule has 1 atom stereocenters. The minimum absolute atomic E-state index is 0.0476. The number of H-pyrrole nitrogens is 1. The lowest BCUT2D eigenvalue weighted by Gasteiger charge is -2.28. The number of fused-ring (bicyclic) bond motifs is 1. The van der Waals surface area contributed by atoms with Gasteiger partial charge in [-0.05, 0) is 25.8 Å². The minimum atomic E-state index is -0.411. The second-order valence-electron chi connectivity index (χ2n) is 4.96. The Balaban J connectivity index is 2.24. The van der Waals surface area contributed by atoms with Crippen molar-refractivity contribution in [3.8, 4) is 0 Å². The molecule has 1 heterocycles. The molecule has 5 heteroatoms. The Hall–Kier alpha value is -1.88. The zero-order valence-corrected chi connectivity index (χ0v) is 11.2. The number of hydrogen-bond acceptors (Lipinski definition) is 3. The molecule has 0 bridgehead atoms. The van der Waals surface area contributed by atoms with Crippen LogP contribution in [0.1, 0.15) is 37.2 Å². The molecule has 0 aliphatic rings. The van der Waals surface area contributed by atoms with E-state index in [9.17, 15) is 4.79 Å². The first-order chi connectivity index (χ1) is 9.09. The third-order valence-electron chi connectivity index (χ3n) is 3.54. The predicted molar refractivity (Wildman–Crippen MR) is 74.0 cm³/mol. The number of benzene rings is 1. The first kappa shape index (κ1) is 13.5. The van der Waals surface area contributed by atoms with E-state index in [1.165, 1.54) is 0 Å². The molecule has 19 heavy (non-hydrogen) atoms. The third-order valence-corrected chi connectivity index (χ3v) is 3.54. The summed E-state index contributed by atoms with van der Waals surface area (Å²) in [6, 6.07) is 7.51. The minimum Gasteiger partial charge on any atom is -0.396 e. The molecule has 0 spiro atoms. The van der Waals surface area contributed by atoms with E-state index in [4.69, 9.17) is 5.11 Å². The smallest absolute Gasteiger partial charge is 0.272 e. The molecule has 1 unspecified atom stereocenters. The van der Waals surface area contributed by atoms with Gasteiger partial charge in [0.2, 0.25) is 0 Å². The largest absolute Gasteiger partial charge is 0.396 e. The molecule has 0 saturated heterocycles. The van der Waals surface area contributed by atoms with Crippen LogP contribution in [0.2, 0.25) is 0 Å². The van der Waals surface area contributed by atoms with Gasteiger partial charge < -0.3 is 10.4 Å². The summed E-state index contributed by atoms with van der Waals surface area (Å²) >= 11 is 0. The van der Waals surface area contributed by atoms with Crippen LogP contribution in [0.25, 0.3) is 10.9 Å². The van der Waals surface area contributed by atoms with Gasteiger partial charge in [-0.15, -0.1) is 0 Å². The summed E-state index contributed by atoms with van der Waals surface area (Å²) in [5, 5.41) is 19.8. The highest BCUT2D eigenvalue weighted by molar-refractivity contribution is 6.04. The zero-order chi connectivity index (χ0) is 13.9. The number of amides is 1. The molecule has 0 radical (unpaired) electrons. The van der Waals surface area contributed by atoms with Gasteiger partial charge >= 0.3 is 0 Å². The van der Waals surface area contributed by atoms with Crippen molar-refractivity contribution in [1.82, 2.24) is 15.5 Å². The van der Waals surface area contributed by atoms with Gasteiger partial charge in [0.1, 0.15) is 0 Å². The van der Waals surface area contributed by atoms with E-state index in [0.29, 0.717) is 12.1 Å². The van der Waals surface area contributed by atoms with Gasteiger partial charge in [-0.2, -0.15) is 5.10 Å². The predicted octanol–water partition coefficient (Wildman–Crippen LogP) is 1.84. The van der Waals surface area contributed by atoms with E-state index in [-0.39, 0.29) is 12.5 Å². The van der Waals surface area contributed by atoms with Crippen LogP contribution in [0.4, 0.5) is 0 Å². The lowest BCUT2D eigenvalue weighted by atomic mass is 9.94. The van der Waals surface area contributed by atoms with E-state index >= 15 is 0 Å². The molecular formula is C14H19N3O2. The number of hydrogen-bond donors (Lipinski definition) is 3. The average molecular weight is 261 g/mol. The molecule has 5 nitrogen and oxygen atoms in total. The van der Waals surface area contributed by atoms with E-state index in [0.717, 1.165) is 17.3 Å². The number of aliphatic hydroxyl groups excluding tert-OH is 1. The summed E-state index contributed by atoms with van der Waals surface area (Å²) in [6.45, 7) is 3.96. The maximum absolute atomic E-state index is 12.3. The van der Waals surface area contributed by atoms with Gasteiger partial charge in [0.05, 0.1) is 5.52 Å². The van der Waals surface area contributed by atoms with Crippen molar-refractivity contribution in [3.63, 3.8) is 0 Å². The maximum Gasteiger partial charge on any atom is 0.272 e. The molecule has 0 aliphatic heterocycles. The van der Waals surface area contributed by atoms with Crippen LogP contribution in [-0.4, -0.2) is 33.4 Å². The Bertz CT molecular complexity index is 579. The number of aromatic amines is 1. The quantitative estimate of drug-likeness (QED) is 0.768. The van der Waals surface area contributed by atoms with E-state index in [1.54, 1.807) is 0 Å². The van der Waals surface area contributed by atoms with Gasteiger partial charge in [0, 0.05) is 17.5 Å². The molecule has 1 aromatic heterocycles. The van der Waals surface area contributed by atoms with E-state index in [1.807, 2.05) is 38.1 Å². The van der Waals surface area contributed by atoms with Gasteiger partial charge in [0.15, 0.2) is 5.69 Å². The number of carbonyl (C=O) groups excluding carboxylic acids is 1. The Labute approximate surface area is 112 Å². The summed E-state index contributed by atoms with van der Waals surface area (Å²) in [7, 11) is 0. The first-order valence-corrected chi connectivity index (χ1v) is 6.46. The van der Waals surface area contributed by atoms with Gasteiger partial charge in [-0.25, -0.2) is 0 Å². The van der Waals surface area contributed by atoms with Gasteiger partial charge in [-0.3, -0.25) is 9.89 Å². The Kier molecular flexibility index (Phi) is 3.85. The molecule has 2 aromatic rings. The van der Waals surface area contributed by atoms with Gasteiger partial charge in [-0.1, -0.05) is 25.1 Å². The van der Waals surface area contributed by atoms with Crippen molar-refractivity contribution in [2.75, 3.05) is 6.61 Å². The summed E-state index contributed by atoms with van der Waals surface area (Å²) in [5.41, 5.74) is 0.826. The molecule has 0 saturated carbocycles. The van der Waals surface area contributed by atoms with E-state index in [2.05, 4.69) is 15.5 Å². The number of nitrogens with zero attached hydrogens (tertiary/aromatic N) is 1. The summed E-state index contributed by atoms with van der Waals surface area (Å²) in [5.74, 6) is -0.213. The third kappa shape index (κ3) is 2.76. The fourth-order valence-electron chi connectivity index (χ4n) is 2.04. The lowest BCUT2D eigenvalue weighted by molar-refractivity contribution is 0.0882. The normalized spacial score (nSPS) is 14.3. The van der Waals surface area contributed by atoms with Crippen molar-refractivity contribution in [1.29, 1.82) is 0 Å². The standard InChI is InChI=1S/C14H19N3O2/c1-3-14(2,8-9-18)15-13(19)12-10-6-4-5-7-11(10)16-17-12/h4-7,18H,3,8-9H2,1-2H3,(H,15,19)(H,16,17). The monoisotopic (exact) mass is 261 g/mol. The Morgan fingerprint density at radius 1 is 1.47 bits per heavy atom. The second-order valence-corrected chi connectivity index (χ2v) is 4.96. The lowest BCUT2D eigenvalue weighted by Crippen LogP contribution is -2.46. The summed E-state index contributed by atoms with van der Waals surface area (Å²) < 4.78 is 0. The van der Waals surface area contributed by atoms with Crippen molar-refractivity contribution in [2.45, 2.75) is 32.2 Å². The average Bonchev–Trinajstić information content (AvgIpc) is 2.83. The van der Waals surface area contributed by atoms with Crippen LogP contribution in [0, 0.1) is 0 Å².